The number of amides is 1. The van der Waals surface area contributed by atoms with Gasteiger partial charge in [-0.05, 0) is 78.7 Å². The van der Waals surface area contributed by atoms with E-state index in [0.717, 1.165) is 26.9 Å². The Morgan fingerprint density at radius 2 is 1.80 bits per heavy atom. The number of benzene rings is 3. The molecule has 0 aliphatic heterocycles. The highest BCUT2D eigenvalue weighted by Gasteiger charge is 2.15. The molecule has 0 unspecified atom stereocenters. The molecule has 0 aliphatic carbocycles. The van der Waals surface area contributed by atoms with E-state index < -0.39 is 11.7 Å². The summed E-state index contributed by atoms with van der Waals surface area (Å²) < 4.78 is 19.1. The van der Waals surface area contributed by atoms with Crippen molar-refractivity contribution in [2.45, 2.75) is 29.6 Å². The maximum absolute atomic E-state index is 14.2. The Kier molecular flexibility index (Phi) is 7.79. The number of hydrogen-bond donors (Lipinski definition) is 3. The number of halogens is 1. The van der Waals surface area contributed by atoms with E-state index in [1.54, 1.807) is 24.3 Å². The first-order valence-electron chi connectivity index (χ1n) is 12.4. The largest absolute Gasteiger partial charge is 0.508 e. The average Bonchev–Trinajstić information content (AvgIpc) is 2.95. The van der Waals surface area contributed by atoms with Gasteiger partial charge in [0.15, 0.2) is 17.2 Å². The van der Waals surface area contributed by atoms with Crippen LogP contribution in [-0.4, -0.2) is 33.1 Å². The number of aromatic nitrogens is 3. The highest BCUT2D eigenvalue weighted by Crippen LogP contribution is 2.38. The van der Waals surface area contributed by atoms with Crippen molar-refractivity contribution in [2.24, 2.45) is 0 Å². The molecule has 10 heteroatoms. The van der Waals surface area contributed by atoms with E-state index in [2.05, 4.69) is 39.4 Å². The van der Waals surface area contributed by atoms with Crippen LogP contribution in [0.15, 0.2) is 88.9 Å². The van der Waals surface area contributed by atoms with Gasteiger partial charge in [-0.1, -0.05) is 25.6 Å². The van der Waals surface area contributed by atoms with E-state index in [-0.39, 0.29) is 23.0 Å². The fraction of sp³-hybridized carbons (Fsp3) is 0.133. The molecule has 40 heavy (non-hydrogen) atoms. The van der Waals surface area contributed by atoms with Gasteiger partial charge in [0.1, 0.15) is 17.9 Å². The molecule has 0 spiro atoms. The predicted molar refractivity (Wildman–Crippen MR) is 154 cm³/mol. The maximum Gasteiger partial charge on any atom is 0.255 e. The lowest BCUT2D eigenvalue weighted by atomic mass is 10.1. The van der Waals surface area contributed by atoms with Crippen LogP contribution >= 0.6 is 11.8 Å². The number of nitrogens with one attached hydrogen (secondary N) is 2. The molecule has 3 N–H and O–H groups in total. The molecule has 5 aromatic rings. The first-order valence-corrected chi connectivity index (χ1v) is 13.3. The number of methoxy groups -OCH3 is 1. The van der Waals surface area contributed by atoms with E-state index in [1.807, 2.05) is 30.3 Å². The smallest absolute Gasteiger partial charge is 0.255 e. The summed E-state index contributed by atoms with van der Waals surface area (Å²) in [6.07, 6.45) is 1.46. The van der Waals surface area contributed by atoms with Crippen LogP contribution in [0, 0.1) is 5.82 Å². The number of anilines is 3. The second kappa shape index (κ2) is 11.6. The van der Waals surface area contributed by atoms with Gasteiger partial charge >= 0.3 is 0 Å². The third kappa shape index (κ3) is 5.97. The number of carbonyl (C=O) groups excluding carboxylic acids is 1. The fourth-order valence-corrected chi connectivity index (χ4v) is 4.83. The monoisotopic (exact) mass is 555 g/mol. The number of phenols is 1. The summed E-state index contributed by atoms with van der Waals surface area (Å²) in [7, 11) is 1.37. The Hall–Kier alpha value is -4.70. The van der Waals surface area contributed by atoms with Crippen LogP contribution < -0.4 is 15.4 Å². The van der Waals surface area contributed by atoms with Crippen LogP contribution in [0.1, 0.15) is 35.8 Å². The molecule has 0 radical (unpaired) electrons. The van der Waals surface area contributed by atoms with E-state index in [9.17, 15) is 14.3 Å². The maximum atomic E-state index is 14.2. The van der Waals surface area contributed by atoms with Gasteiger partial charge in [-0.3, -0.25) is 4.79 Å². The number of pyridine rings is 1. The molecule has 0 fully saturated rings. The topological polar surface area (TPSA) is 109 Å². The van der Waals surface area contributed by atoms with Crippen molar-refractivity contribution in [1.29, 1.82) is 0 Å². The van der Waals surface area contributed by atoms with Gasteiger partial charge in [-0.2, -0.15) is 0 Å². The molecule has 0 saturated carbocycles. The van der Waals surface area contributed by atoms with Crippen LogP contribution in [0.3, 0.4) is 0 Å². The SMILES string of the molecule is COc1ccc(C(=O)Nc2ccc(Sc3ccc(O)cc3)c(Nc3ncnc4nc(C(C)C)ccc34)c2)cc1F. The summed E-state index contributed by atoms with van der Waals surface area (Å²) in [5, 5.41) is 16.6. The zero-order chi connectivity index (χ0) is 28.2. The number of phenolic OH excluding ortho intramolecular Hbond substituents is 1. The highest BCUT2D eigenvalue weighted by atomic mass is 32.2. The molecule has 0 saturated heterocycles. The molecule has 8 nitrogen and oxygen atoms in total. The number of rotatable bonds is 8. The number of nitrogens with zero attached hydrogens (tertiary/aromatic N) is 3. The number of fused-ring (bicyclic) bond motifs is 1. The minimum absolute atomic E-state index is 0.0609. The minimum Gasteiger partial charge on any atom is -0.508 e. The molecule has 2 heterocycles. The molecular weight excluding hydrogens is 529 g/mol. The van der Waals surface area contributed by atoms with Crippen molar-refractivity contribution < 1.29 is 19.0 Å². The van der Waals surface area contributed by atoms with E-state index in [4.69, 9.17) is 4.74 Å². The summed E-state index contributed by atoms with van der Waals surface area (Å²) in [6, 6.07) is 20.2. The first kappa shape index (κ1) is 26.9. The summed E-state index contributed by atoms with van der Waals surface area (Å²) in [6.45, 7) is 4.14. The Morgan fingerprint density at radius 3 is 2.52 bits per heavy atom. The Bertz CT molecular complexity index is 1700. The van der Waals surface area contributed by atoms with Crippen molar-refractivity contribution in [3.63, 3.8) is 0 Å². The van der Waals surface area contributed by atoms with Crippen molar-refractivity contribution >= 4 is 45.9 Å². The molecule has 3 aromatic carbocycles. The number of carbonyl (C=O) groups is 1. The zero-order valence-corrected chi connectivity index (χ0v) is 22.8. The van der Waals surface area contributed by atoms with Crippen molar-refractivity contribution in [2.75, 3.05) is 17.7 Å². The predicted octanol–water partition coefficient (Wildman–Crippen LogP) is 7.15. The van der Waals surface area contributed by atoms with Crippen LogP contribution in [0.5, 0.6) is 11.5 Å². The molecule has 2 aromatic heterocycles. The van der Waals surface area contributed by atoms with Gasteiger partial charge < -0.3 is 20.5 Å². The van der Waals surface area contributed by atoms with Gasteiger partial charge in [0.05, 0.1) is 18.2 Å². The lowest BCUT2D eigenvalue weighted by Gasteiger charge is -2.15. The van der Waals surface area contributed by atoms with E-state index >= 15 is 0 Å². The van der Waals surface area contributed by atoms with Crippen LogP contribution in [0.4, 0.5) is 21.6 Å². The van der Waals surface area contributed by atoms with Crippen LogP contribution in [0.2, 0.25) is 0 Å². The third-order valence-corrected chi connectivity index (χ3v) is 7.16. The molecule has 0 aliphatic rings. The first-order chi connectivity index (χ1) is 19.3. The number of ether oxygens (including phenoxy) is 1. The Morgan fingerprint density at radius 1 is 1.00 bits per heavy atom. The molecule has 5 rings (SSSR count). The van der Waals surface area contributed by atoms with Crippen LogP contribution in [-0.2, 0) is 0 Å². The Labute approximate surface area is 234 Å². The number of aromatic hydroxyl groups is 1. The van der Waals surface area contributed by atoms with Crippen molar-refractivity contribution in [1.82, 2.24) is 15.0 Å². The molecule has 1 amide bonds. The van der Waals surface area contributed by atoms with Crippen LogP contribution in [0.25, 0.3) is 11.0 Å². The van der Waals surface area contributed by atoms with E-state index in [0.29, 0.717) is 22.8 Å². The van der Waals surface area contributed by atoms with E-state index in [1.165, 1.54) is 37.3 Å². The minimum atomic E-state index is -0.622. The fourth-order valence-electron chi connectivity index (χ4n) is 3.95. The summed E-state index contributed by atoms with van der Waals surface area (Å²) >= 11 is 1.48. The van der Waals surface area contributed by atoms with Crippen molar-refractivity contribution in [3.05, 3.63) is 96.2 Å². The summed E-state index contributed by atoms with van der Waals surface area (Å²) in [5.74, 6) is -0.0424. The Balaban J connectivity index is 1.49. The normalized spacial score (nSPS) is 11.0. The van der Waals surface area contributed by atoms with Gasteiger partial charge in [0, 0.05) is 26.7 Å². The summed E-state index contributed by atoms with van der Waals surface area (Å²) in [5.41, 5.74) is 2.83. The molecular formula is C30H26FN5O3S. The lowest BCUT2D eigenvalue weighted by Crippen LogP contribution is -2.12. The summed E-state index contributed by atoms with van der Waals surface area (Å²) in [4.78, 5) is 28.1. The lowest BCUT2D eigenvalue weighted by molar-refractivity contribution is 0.102. The second-order valence-electron chi connectivity index (χ2n) is 9.22. The van der Waals surface area contributed by atoms with Gasteiger partial charge in [0.25, 0.3) is 5.91 Å². The quantitative estimate of drug-likeness (QED) is 0.185. The molecule has 0 atom stereocenters. The average molecular weight is 556 g/mol. The van der Waals surface area contributed by atoms with Crippen molar-refractivity contribution in [3.8, 4) is 11.5 Å². The zero-order valence-electron chi connectivity index (χ0n) is 22.0. The standard InChI is InChI=1S/C30H26FN5O3S/c1-17(2)24-11-10-22-28(35-24)32-16-33-29(22)36-25-15-19(5-13-27(25)40-21-8-6-20(37)7-9-21)34-30(38)18-4-12-26(39-3)23(31)14-18/h4-17,37H,1-3H3,(H,34,38)(H,32,33,35,36). The highest BCUT2D eigenvalue weighted by molar-refractivity contribution is 7.99. The van der Waals surface area contributed by atoms with Gasteiger partial charge in [-0.15, -0.1) is 0 Å². The molecule has 202 valence electrons. The second-order valence-corrected chi connectivity index (χ2v) is 10.3. The van der Waals surface area contributed by atoms with Gasteiger partial charge in [0.2, 0.25) is 0 Å². The third-order valence-electron chi connectivity index (χ3n) is 6.08. The number of hydrogen-bond acceptors (Lipinski definition) is 8. The van der Waals surface area contributed by atoms with Gasteiger partial charge in [-0.25, -0.2) is 19.3 Å². The molecule has 0 bridgehead atoms.